The molecule has 0 aromatic carbocycles. The van der Waals surface area contributed by atoms with Gasteiger partial charge in [0, 0.05) is 24.8 Å². The number of likely N-dealkylation sites (tertiary alicyclic amines) is 1. The van der Waals surface area contributed by atoms with Gasteiger partial charge in [0.2, 0.25) is 0 Å². The second kappa shape index (κ2) is 6.34. The van der Waals surface area contributed by atoms with Crippen molar-refractivity contribution in [1.82, 2.24) is 20.0 Å². The third-order valence-electron chi connectivity index (χ3n) is 4.24. The Balaban J connectivity index is 1.78. The molecule has 0 atom stereocenters. The number of nitrogens with zero attached hydrogens (tertiary/aromatic N) is 3. The fourth-order valence-electron chi connectivity index (χ4n) is 2.72. The molecular formula is C14H26N4. The number of nitrogens with one attached hydrogen (secondary N) is 1. The first-order valence-electron chi connectivity index (χ1n) is 7.05. The van der Waals surface area contributed by atoms with Crippen molar-refractivity contribution in [2.24, 2.45) is 13.0 Å². The third kappa shape index (κ3) is 3.33. The van der Waals surface area contributed by atoms with Crippen LogP contribution < -0.4 is 5.32 Å². The van der Waals surface area contributed by atoms with Crippen LogP contribution in [0.5, 0.6) is 0 Å². The van der Waals surface area contributed by atoms with Crippen LogP contribution in [0.25, 0.3) is 0 Å². The first-order valence-corrected chi connectivity index (χ1v) is 7.05. The normalized spacial score (nSPS) is 18.4. The largest absolute Gasteiger partial charge is 0.320 e. The molecule has 0 unspecified atom stereocenters. The summed E-state index contributed by atoms with van der Waals surface area (Å²) in [4.78, 5) is 2.57. The van der Waals surface area contributed by atoms with Crippen molar-refractivity contribution < 1.29 is 0 Å². The first-order chi connectivity index (χ1) is 8.70. The van der Waals surface area contributed by atoms with Gasteiger partial charge in [0.05, 0.1) is 6.20 Å². The summed E-state index contributed by atoms with van der Waals surface area (Å²) < 4.78 is 1.97. The monoisotopic (exact) mass is 250 g/mol. The van der Waals surface area contributed by atoms with Crippen LogP contribution >= 0.6 is 0 Å². The Labute approximate surface area is 110 Å². The predicted molar refractivity (Wildman–Crippen MR) is 74.5 cm³/mol. The number of aromatic nitrogens is 2. The molecule has 1 N–H and O–H groups in total. The highest BCUT2D eigenvalue weighted by atomic mass is 15.3. The van der Waals surface area contributed by atoms with E-state index in [9.17, 15) is 0 Å². The topological polar surface area (TPSA) is 33.1 Å². The van der Waals surface area contributed by atoms with Gasteiger partial charge in [-0.05, 0) is 58.8 Å². The van der Waals surface area contributed by atoms with Crippen molar-refractivity contribution in [1.29, 1.82) is 0 Å². The fourth-order valence-corrected chi connectivity index (χ4v) is 2.72. The van der Waals surface area contributed by atoms with Crippen LogP contribution in [0.4, 0.5) is 0 Å². The highest BCUT2D eigenvalue weighted by molar-refractivity contribution is 5.15. The van der Waals surface area contributed by atoms with Crippen molar-refractivity contribution in [3.63, 3.8) is 0 Å². The maximum atomic E-state index is 4.32. The van der Waals surface area contributed by atoms with Crippen LogP contribution in [0.15, 0.2) is 6.20 Å². The lowest BCUT2D eigenvalue weighted by Crippen LogP contribution is -2.34. The van der Waals surface area contributed by atoms with Crippen molar-refractivity contribution in [3.8, 4) is 0 Å². The second-order valence-corrected chi connectivity index (χ2v) is 5.49. The number of piperidine rings is 1. The van der Waals surface area contributed by atoms with Crippen molar-refractivity contribution in [3.05, 3.63) is 17.5 Å². The minimum Gasteiger partial charge on any atom is -0.320 e. The molecule has 0 bridgehead atoms. The van der Waals surface area contributed by atoms with Crippen molar-refractivity contribution in [2.45, 2.75) is 32.7 Å². The molecule has 2 heterocycles. The SMILES string of the molecule is CNCCC1CCN(Cc2cnn(C)c2C)CC1. The Morgan fingerprint density at radius 3 is 2.67 bits per heavy atom. The van der Waals surface area contributed by atoms with Crippen LogP contribution in [0.2, 0.25) is 0 Å². The summed E-state index contributed by atoms with van der Waals surface area (Å²) in [6, 6.07) is 0. The summed E-state index contributed by atoms with van der Waals surface area (Å²) in [6.45, 7) is 6.86. The van der Waals surface area contributed by atoms with Crippen LogP contribution in [0.3, 0.4) is 0 Å². The lowest BCUT2D eigenvalue weighted by Gasteiger charge is -2.31. The number of aryl methyl sites for hydroxylation is 1. The quantitative estimate of drug-likeness (QED) is 0.861. The highest BCUT2D eigenvalue weighted by Crippen LogP contribution is 2.21. The van der Waals surface area contributed by atoms with E-state index in [4.69, 9.17) is 0 Å². The van der Waals surface area contributed by atoms with Crippen molar-refractivity contribution >= 4 is 0 Å². The Bertz CT molecular complexity index is 364. The van der Waals surface area contributed by atoms with Crippen LogP contribution in [-0.2, 0) is 13.6 Å². The van der Waals surface area contributed by atoms with E-state index in [1.807, 2.05) is 25.0 Å². The molecule has 18 heavy (non-hydrogen) atoms. The molecular weight excluding hydrogens is 224 g/mol. The van der Waals surface area contributed by atoms with E-state index < -0.39 is 0 Å². The molecule has 1 aromatic heterocycles. The van der Waals surface area contributed by atoms with Gasteiger partial charge in [-0.3, -0.25) is 9.58 Å². The summed E-state index contributed by atoms with van der Waals surface area (Å²) >= 11 is 0. The molecule has 102 valence electrons. The lowest BCUT2D eigenvalue weighted by atomic mass is 9.93. The average Bonchev–Trinajstić information content (AvgIpc) is 2.70. The molecule has 1 aliphatic rings. The molecule has 0 radical (unpaired) electrons. The van der Waals surface area contributed by atoms with Gasteiger partial charge in [-0.2, -0.15) is 5.10 Å². The molecule has 2 rings (SSSR count). The van der Waals surface area contributed by atoms with E-state index in [0.29, 0.717) is 0 Å². The second-order valence-electron chi connectivity index (χ2n) is 5.49. The summed E-state index contributed by atoms with van der Waals surface area (Å²) in [6.07, 6.45) is 6.04. The summed E-state index contributed by atoms with van der Waals surface area (Å²) in [5.74, 6) is 0.920. The minimum absolute atomic E-state index is 0.920. The van der Waals surface area contributed by atoms with Gasteiger partial charge in [-0.25, -0.2) is 0 Å². The smallest absolute Gasteiger partial charge is 0.0537 e. The maximum absolute atomic E-state index is 4.32. The predicted octanol–water partition coefficient (Wildman–Crippen LogP) is 1.55. The molecule has 0 spiro atoms. The highest BCUT2D eigenvalue weighted by Gasteiger charge is 2.19. The standard InChI is InChI=1S/C14H26N4/c1-12-14(10-16-17(12)3)11-18-8-5-13(6-9-18)4-7-15-2/h10,13,15H,4-9,11H2,1-3H3. The van der Waals surface area contributed by atoms with Gasteiger partial charge in [-0.1, -0.05) is 0 Å². The minimum atomic E-state index is 0.920. The Morgan fingerprint density at radius 1 is 1.39 bits per heavy atom. The number of hydrogen-bond donors (Lipinski definition) is 1. The molecule has 4 heteroatoms. The van der Waals surface area contributed by atoms with E-state index in [1.54, 1.807) is 0 Å². The van der Waals surface area contributed by atoms with Crippen LogP contribution in [-0.4, -0.2) is 41.4 Å². The van der Waals surface area contributed by atoms with E-state index in [0.717, 1.165) is 19.0 Å². The molecule has 0 saturated carbocycles. The molecule has 1 saturated heterocycles. The zero-order valence-corrected chi connectivity index (χ0v) is 11.9. The third-order valence-corrected chi connectivity index (χ3v) is 4.24. The van der Waals surface area contributed by atoms with E-state index in [1.165, 1.54) is 43.6 Å². The summed E-state index contributed by atoms with van der Waals surface area (Å²) in [5.41, 5.74) is 2.68. The van der Waals surface area contributed by atoms with Crippen molar-refractivity contribution in [2.75, 3.05) is 26.7 Å². The lowest BCUT2D eigenvalue weighted by molar-refractivity contribution is 0.172. The van der Waals surface area contributed by atoms with Gasteiger partial charge >= 0.3 is 0 Å². The summed E-state index contributed by atoms with van der Waals surface area (Å²) in [5, 5.41) is 7.57. The molecule has 1 fully saturated rings. The van der Waals surface area contributed by atoms with Gasteiger partial charge < -0.3 is 5.32 Å². The first kappa shape index (κ1) is 13.6. The van der Waals surface area contributed by atoms with Crippen LogP contribution in [0.1, 0.15) is 30.5 Å². The molecule has 1 aromatic rings. The van der Waals surface area contributed by atoms with Crippen LogP contribution in [0, 0.1) is 12.8 Å². The molecule has 1 aliphatic heterocycles. The number of rotatable bonds is 5. The van der Waals surface area contributed by atoms with Gasteiger partial charge in [0.1, 0.15) is 0 Å². The Hall–Kier alpha value is -0.870. The van der Waals surface area contributed by atoms with E-state index in [2.05, 4.69) is 22.2 Å². The van der Waals surface area contributed by atoms with E-state index >= 15 is 0 Å². The van der Waals surface area contributed by atoms with Gasteiger partial charge in [-0.15, -0.1) is 0 Å². The molecule has 4 nitrogen and oxygen atoms in total. The molecule has 0 amide bonds. The summed E-state index contributed by atoms with van der Waals surface area (Å²) in [7, 11) is 4.06. The van der Waals surface area contributed by atoms with Gasteiger partial charge in [0.25, 0.3) is 0 Å². The zero-order chi connectivity index (χ0) is 13.0. The Morgan fingerprint density at radius 2 is 2.11 bits per heavy atom. The maximum Gasteiger partial charge on any atom is 0.0537 e. The fraction of sp³-hybridized carbons (Fsp3) is 0.786. The Kier molecular flexibility index (Phi) is 4.78. The van der Waals surface area contributed by atoms with Gasteiger partial charge in [0.15, 0.2) is 0 Å². The average molecular weight is 250 g/mol. The molecule has 0 aliphatic carbocycles. The zero-order valence-electron chi connectivity index (χ0n) is 11.9. The van der Waals surface area contributed by atoms with E-state index in [-0.39, 0.29) is 0 Å². The number of hydrogen-bond acceptors (Lipinski definition) is 3.